The van der Waals surface area contributed by atoms with Crippen LogP contribution in [0.1, 0.15) is 31.1 Å². The average Bonchev–Trinajstić information content (AvgIpc) is 2.37. The molecule has 0 saturated carbocycles. The lowest BCUT2D eigenvalue weighted by atomic mass is 9.93. The second-order valence-corrected chi connectivity index (χ2v) is 5.33. The van der Waals surface area contributed by atoms with Crippen LogP contribution in [0.5, 0.6) is 5.75 Å². The molecule has 0 radical (unpaired) electrons. The summed E-state index contributed by atoms with van der Waals surface area (Å²) in [5, 5.41) is 2.82. The second kappa shape index (κ2) is 6.52. The van der Waals surface area contributed by atoms with Crippen molar-refractivity contribution >= 4 is 23.1 Å². The molecule has 0 bridgehead atoms. The summed E-state index contributed by atoms with van der Waals surface area (Å²) in [6.07, 6.45) is 0. The van der Waals surface area contributed by atoms with Crippen molar-refractivity contribution in [3.63, 3.8) is 0 Å². The van der Waals surface area contributed by atoms with Gasteiger partial charge in [-0.2, -0.15) is 0 Å². The number of thiocarbonyl (C=S) groups is 1. The first-order valence-electron chi connectivity index (χ1n) is 6.18. The third-order valence-electron chi connectivity index (χ3n) is 2.79. The van der Waals surface area contributed by atoms with Crippen LogP contribution in [0, 0.1) is 5.41 Å². The van der Waals surface area contributed by atoms with E-state index in [1.807, 2.05) is 20.8 Å². The summed E-state index contributed by atoms with van der Waals surface area (Å²) < 4.78 is 5.32. The van der Waals surface area contributed by atoms with Gasteiger partial charge in [-0.3, -0.25) is 4.79 Å². The number of nitrogens with two attached hydrogens (primary N) is 1. The molecule has 0 unspecified atom stereocenters. The van der Waals surface area contributed by atoms with Gasteiger partial charge >= 0.3 is 0 Å². The molecule has 0 heterocycles. The van der Waals surface area contributed by atoms with E-state index in [-0.39, 0.29) is 5.91 Å². The first-order valence-corrected chi connectivity index (χ1v) is 6.58. The summed E-state index contributed by atoms with van der Waals surface area (Å²) in [7, 11) is 0. The molecule has 0 aliphatic carbocycles. The van der Waals surface area contributed by atoms with Crippen LogP contribution in [-0.4, -0.2) is 24.0 Å². The van der Waals surface area contributed by atoms with Gasteiger partial charge in [0.2, 0.25) is 0 Å². The van der Waals surface area contributed by atoms with E-state index in [1.54, 1.807) is 24.3 Å². The molecule has 4 nitrogen and oxygen atoms in total. The third kappa shape index (κ3) is 4.52. The Bertz CT molecular complexity index is 455. The summed E-state index contributed by atoms with van der Waals surface area (Å²) in [6.45, 7) is 6.72. The number of nitrogens with one attached hydrogen (secondary N) is 1. The van der Waals surface area contributed by atoms with Crippen molar-refractivity contribution in [2.45, 2.75) is 20.8 Å². The third-order valence-corrected chi connectivity index (χ3v) is 3.34. The van der Waals surface area contributed by atoms with Gasteiger partial charge < -0.3 is 15.8 Å². The smallest absolute Gasteiger partial charge is 0.251 e. The first kappa shape index (κ1) is 15.4. The minimum atomic E-state index is -0.393. The van der Waals surface area contributed by atoms with Crippen molar-refractivity contribution in [1.82, 2.24) is 5.32 Å². The number of rotatable bonds is 6. The minimum Gasteiger partial charge on any atom is -0.494 e. The van der Waals surface area contributed by atoms with E-state index < -0.39 is 5.41 Å². The molecule has 1 amide bonds. The molecule has 0 fully saturated rings. The number of benzene rings is 1. The minimum absolute atomic E-state index is 0.146. The number of amides is 1. The molecule has 0 saturated heterocycles. The molecule has 19 heavy (non-hydrogen) atoms. The maximum Gasteiger partial charge on any atom is 0.251 e. The van der Waals surface area contributed by atoms with Crippen LogP contribution >= 0.6 is 12.2 Å². The van der Waals surface area contributed by atoms with E-state index in [0.29, 0.717) is 23.7 Å². The molecule has 1 aromatic carbocycles. The molecule has 0 aromatic heterocycles. The molecule has 0 aliphatic rings. The SMILES string of the molecule is CCOc1ccc(C(=O)NCC(C)(C)C(N)=S)cc1. The summed E-state index contributed by atoms with van der Waals surface area (Å²) >= 11 is 4.96. The van der Waals surface area contributed by atoms with Crippen molar-refractivity contribution in [3.05, 3.63) is 29.8 Å². The van der Waals surface area contributed by atoms with Gasteiger partial charge in [0.05, 0.1) is 11.6 Å². The summed E-state index contributed by atoms with van der Waals surface area (Å²) in [5.41, 5.74) is 5.80. The van der Waals surface area contributed by atoms with Crippen molar-refractivity contribution in [2.75, 3.05) is 13.2 Å². The maximum absolute atomic E-state index is 11.9. The van der Waals surface area contributed by atoms with Crippen LogP contribution in [0.2, 0.25) is 0 Å². The Labute approximate surface area is 119 Å². The standard InChI is InChI=1S/C14H20N2O2S/c1-4-18-11-7-5-10(6-8-11)12(17)16-9-14(2,3)13(15)19/h5-8H,4,9H2,1-3H3,(H2,15,19)(H,16,17). The fourth-order valence-electron chi connectivity index (χ4n) is 1.36. The van der Waals surface area contributed by atoms with Crippen molar-refractivity contribution in [2.24, 2.45) is 11.1 Å². The molecule has 0 atom stereocenters. The van der Waals surface area contributed by atoms with E-state index in [1.165, 1.54) is 0 Å². The van der Waals surface area contributed by atoms with Crippen LogP contribution in [0.3, 0.4) is 0 Å². The zero-order valence-electron chi connectivity index (χ0n) is 11.5. The van der Waals surface area contributed by atoms with Crippen molar-refractivity contribution < 1.29 is 9.53 Å². The van der Waals surface area contributed by atoms with Crippen LogP contribution in [0.15, 0.2) is 24.3 Å². The number of hydrogen-bond donors (Lipinski definition) is 2. The van der Waals surface area contributed by atoms with Crippen LogP contribution < -0.4 is 15.8 Å². The monoisotopic (exact) mass is 280 g/mol. The highest BCUT2D eigenvalue weighted by Crippen LogP contribution is 2.15. The zero-order valence-corrected chi connectivity index (χ0v) is 12.3. The normalized spacial score (nSPS) is 10.9. The zero-order chi connectivity index (χ0) is 14.5. The fourth-order valence-corrected chi connectivity index (χ4v) is 1.43. The lowest BCUT2D eigenvalue weighted by Gasteiger charge is -2.23. The van der Waals surface area contributed by atoms with E-state index in [9.17, 15) is 4.79 Å². The Balaban J connectivity index is 2.61. The van der Waals surface area contributed by atoms with Gasteiger partial charge in [0.15, 0.2) is 0 Å². The summed E-state index contributed by atoms with van der Waals surface area (Å²) in [4.78, 5) is 12.3. The van der Waals surface area contributed by atoms with Crippen molar-refractivity contribution in [1.29, 1.82) is 0 Å². The molecule has 0 aliphatic heterocycles. The molecule has 0 spiro atoms. The van der Waals surface area contributed by atoms with E-state index in [2.05, 4.69) is 5.32 Å². The predicted molar refractivity (Wildman–Crippen MR) is 80.5 cm³/mol. The van der Waals surface area contributed by atoms with Gasteiger partial charge in [-0.15, -0.1) is 0 Å². The molecule has 104 valence electrons. The number of carbonyl (C=O) groups excluding carboxylic acids is 1. The first-order chi connectivity index (χ1) is 8.86. The highest BCUT2D eigenvalue weighted by Gasteiger charge is 2.22. The lowest BCUT2D eigenvalue weighted by molar-refractivity contribution is 0.0945. The van der Waals surface area contributed by atoms with Gasteiger partial charge in [0, 0.05) is 17.5 Å². The van der Waals surface area contributed by atoms with E-state index in [4.69, 9.17) is 22.7 Å². The van der Waals surface area contributed by atoms with Crippen LogP contribution in [0.25, 0.3) is 0 Å². The molecule has 5 heteroatoms. The van der Waals surface area contributed by atoms with Gasteiger partial charge in [-0.25, -0.2) is 0 Å². The topological polar surface area (TPSA) is 64.3 Å². The molecule has 1 aromatic rings. The number of ether oxygens (including phenoxy) is 1. The maximum atomic E-state index is 11.9. The van der Waals surface area contributed by atoms with Gasteiger partial charge in [-0.05, 0) is 31.2 Å². The Kier molecular flexibility index (Phi) is 5.30. The Morgan fingerprint density at radius 1 is 1.37 bits per heavy atom. The lowest BCUT2D eigenvalue weighted by Crippen LogP contribution is -2.41. The van der Waals surface area contributed by atoms with Crippen LogP contribution in [0.4, 0.5) is 0 Å². The van der Waals surface area contributed by atoms with Crippen molar-refractivity contribution in [3.8, 4) is 5.75 Å². The highest BCUT2D eigenvalue weighted by atomic mass is 32.1. The van der Waals surface area contributed by atoms with Crippen LogP contribution in [-0.2, 0) is 0 Å². The summed E-state index contributed by atoms with van der Waals surface area (Å²) in [5.74, 6) is 0.606. The second-order valence-electron chi connectivity index (χ2n) is 4.89. The largest absolute Gasteiger partial charge is 0.494 e. The predicted octanol–water partition coefficient (Wildman–Crippen LogP) is 2.13. The fraction of sp³-hybridized carbons (Fsp3) is 0.429. The Hall–Kier alpha value is -1.62. The van der Waals surface area contributed by atoms with Gasteiger partial charge in [0.25, 0.3) is 5.91 Å². The number of carbonyl (C=O) groups is 1. The molecule has 3 N–H and O–H groups in total. The number of hydrogen-bond acceptors (Lipinski definition) is 3. The quantitative estimate of drug-likeness (QED) is 0.784. The Morgan fingerprint density at radius 2 is 1.95 bits per heavy atom. The van der Waals surface area contributed by atoms with Gasteiger partial charge in [-0.1, -0.05) is 26.1 Å². The van der Waals surface area contributed by atoms with E-state index in [0.717, 1.165) is 5.75 Å². The van der Waals surface area contributed by atoms with Gasteiger partial charge in [0.1, 0.15) is 5.75 Å². The average molecular weight is 280 g/mol. The highest BCUT2D eigenvalue weighted by molar-refractivity contribution is 7.80. The molecular weight excluding hydrogens is 260 g/mol. The Morgan fingerprint density at radius 3 is 2.42 bits per heavy atom. The van der Waals surface area contributed by atoms with E-state index >= 15 is 0 Å². The molecular formula is C14H20N2O2S. The molecule has 1 rings (SSSR count). The summed E-state index contributed by atoms with van der Waals surface area (Å²) in [6, 6.07) is 7.01.